The maximum absolute atomic E-state index is 11.1. The zero-order valence-electron chi connectivity index (χ0n) is 16.7. The number of carbonyl (C=O) groups excluding carboxylic acids is 1. The summed E-state index contributed by atoms with van der Waals surface area (Å²) >= 11 is 0. The first-order chi connectivity index (χ1) is 12.8. The van der Waals surface area contributed by atoms with Crippen molar-refractivity contribution >= 4 is 6.29 Å². The van der Waals surface area contributed by atoms with Gasteiger partial charge in [0.25, 0.3) is 0 Å². The third kappa shape index (κ3) is 2.02. The van der Waals surface area contributed by atoms with E-state index >= 15 is 0 Å². The van der Waals surface area contributed by atoms with Crippen LogP contribution < -0.4 is 0 Å². The maximum Gasteiger partial charge on any atom is 0.147 e. The number of fused-ring (bicyclic) bond motifs is 2. The van der Waals surface area contributed by atoms with E-state index < -0.39 is 11.2 Å². The summed E-state index contributed by atoms with van der Waals surface area (Å²) < 4.78 is 0. The Balaban J connectivity index is 1.59. The van der Waals surface area contributed by atoms with Crippen molar-refractivity contribution in [2.45, 2.75) is 83.0 Å². The summed E-state index contributed by atoms with van der Waals surface area (Å²) in [6.07, 6.45) is 14.0. The van der Waals surface area contributed by atoms with Gasteiger partial charge in [-0.15, -0.1) is 0 Å². The van der Waals surface area contributed by atoms with Crippen molar-refractivity contribution < 1.29 is 19.7 Å². The number of aliphatic hydroxyl groups is 1. The van der Waals surface area contributed by atoms with Gasteiger partial charge in [0.15, 0.2) is 0 Å². The second kappa shape index (κ2) is 5.55. The maximum atomic E-state index is 11.1. The molecule has 1 saturated heterocycles. The van der Waals surface area contributed by atoms with Gasteiger partial charge in [0.1, 0.15) is 17.5 Å². The quantitative estimate of drug-likeness (QED) is 0.460. The smallest absolute Gasteiger partial charge is 0.147 e. The van der Waals surface area contributed by atoms with E-state index in [1.165, 1.54) is 5.57 Å². The summed E-state index contributed by atoms with van der Waals surface area (Å²) in [6.45, 7) is 6.95. The molecule has 1 unspecified atom stereocenters. The predicted octanol–water partition coefficient (Wildman–Crippen LogP) is 4.13. The number of rotatable bonds is 3. The van der Waals surface area contributed by atoms with E-state index in [1.807, 2.05) is 0 Å². The average Bonchev–Trinajstić information content (AvgIpc) is 3.00. The molecular formula is C23H32O4. The normalized spacial score (nSPS) is 53.9. The van der Waals surface area contributed by atoms with Crippen LogP contribution in [0.25, 0.3) is 0 Å². The predicted molar refractivity (Wildman–Crippen MR) is 102 cm³/mol. The fraction of sp³-hybridized carbons (Fsp3) is 0.783. The van der Waals surface area contributed by atoms with Crippen LogP contribution in [0.4, 0.5) is 0 Å². The Kier molecular flexibility index (Phi) is 3.72. The molecule has 27 heavy (non-hydrogen) atoms. The molecule has 0 radical (unpaired) electrons. The zero-order valence-corrected chi connectivity index (χ0v) is 16.7. The standard InChI is InChI=1S/C23H32O4/c1-15(8-13-24)17-4-5-18-20(17,2)9-7-19-21(3)10-6-16(25)14-22(21)11-12-23(18,19)27-26-22/h7,11-13,15-18,25H,4-6,8-10,14H2,1-3H3/t15-,16+,17-,18?,20-,21-,22-,23+/m1/s1. The highest BCUT2D eigenvalue weighted by atomic mass is 17.2. The van der Waals surface area contributed by atoms with Gasteiger partial charge in [-0.1, -0.05) is 26.8 Å². The van der Waals surface area contributed by atoms with Crippen LogP contribution in [0.5, 0.6) is 0 Å². The van der Waals surface area contributed by atoms with Crippen LogP contribution in [0.2, 0.25) is 0 Å². The van der Waals surface area contributed by atoms with Crippen LogP contribution in [0.1, 0.15) is 65.7 Å². The summed E-state index contributed by atoms with van der Waals surface area (Å²) in [5.74, 6) is 1.31. The number of allylic oxidation sites excluding steroid dienone is 1. The van der Waals surface area contributed by atoms with Crippen LogP contribution in [0, 0.1) is 28.6 Å². The second-order valence-electron chi connectivity index (χ2n) is 10.4. The molecule has 0 aromatic rings. The highest BCUT2D eigenvalue weighted by Crippen LogP contribution is 2.71. The van der Waals surface area contributed by atoms with E-state index in [2.05, 4.69) is 39.0 Å². The topological polar surface area (TPSA) is 55.8 Å². The molecule has 148 valence electrons. The van der Waals surface area contributed by atoms with Crippen LogP contribution in [-0.2, 0) is 14.6 Å². The highest BCUT2D eigenvalue weighted by Gasteiger charge is 2.71. The number of hydrogen-bond donors (Lipinski definition) is 1. The SMILES string of the molecule is C[C@H](CC=O)[C@H]1CCC2[C@]1(C)CC=C1[C@]23C=C[C@]2(C[C@@H](O)CC[C@]12C)OO3. The van der Waals surface area contributed by atoms with Gasteiger partial charge in [0, 0.05) is 24.2 Å². The fourth-order valence-electron chi connectivity index (χ4n) is 7.69. The van der Waals surface area contributed by atoms with Gasteiger partial charge in [0.2, 0.25) is 0 Å². The van der Waals surface area contributed by atoms with Gasteiger partial charge in [-0.25, -0.2) is 9.78 Å². The van der Waals surface area contributed by atoms with Crippen molar-refractivity contribution in [3.63, 3.8) is 0 Å². The van der Waals surface area contributed by atoms with E-state index in [0.717, 1.165) is 38.4 Å². The zero-order chi connectivity index (χ0) is 19.1. The number of aldehydes is 1. The average molecular weight is 373 g/mol. The van der Waals surface area contributed by atoms with Crippen LogP contribution in [0.3, 0.4) is 0 Å². The minimum Gasteiger partial charge on any atom is -0.393 e. The summed E-state index contributed by atoms with van der Waals surface area (Å²) in [4.78, 5) is 23.6. The summed E-state index contributed by atoms with van der Waals surface area (Å²) in [5, 5.41) is 10.3. The highest BCUT2D eigenvalue weighted by molar-refractivity contribution is 5.50. The first-order valence-corrected chi connectivity index (χ1v) is 10.7. The minimum absolute atomic E-state index is 0.104. The lowest BCUT2D eigenvalue weighted by atomic mass is 9.46. The Hall–Kier alpha value is -0.970. The van der Waals surface area contributed by atoms with Crippen molar-refractivity contribution in [1.29, 1.82) is 0 Å². The molecule has 2 saturated carbocycles. The first kappa shape index (κ1) is 18.1. The fourth-order valence-corrected chi connectivity index (χ4v) is 7.69. The van der Waals surface area contributed by atoms with Crippen molar-refractivity contribution in [2.75, 3.05) is 0 Å². The van der Waals surface area contributed by atoms with Crippen molar-refractivity contribution in [2.24, 2.45) is 28.6 Å². The van der Waals surface area contributed by atoms with E-state index in [4.69, 9.17) is 9.78 Å². The Labute approximate surface area is 161 Å². The van der Waals surface area contributed by atoms with Crippen molar-refractivity contribution in [3.05, 3.63) is 23.8 Å². The Morgan fingerprint density at radius 1 is 1.26 bits per heavy atom. The lowest BCUT2D eigenvalue weighted by Crippen LogP contribution is -2.69. The van der Waals surface area contributed by atoms with Gasteiger partial charge < -0.3 is 9.90 Å². The molecule has 2 bridgehead atoms. The van der Waals surface area contributed by atoms with E-state index in [9.17, 15) is 9.90 Å². The van der Waals surface area contributed by atoms with Gasteiger partial charge in [-0.05, 0) is 67.1 Å². The summed E-state index contributed by atoms with van der Waals surface area (Å²) in [5.41, 5.74) is 0.409. The molecule has 2 spiro atoms. The first-order valence-electron chi connectivity index (χ1n) is 10.7. The summed E-state index contributed by atoms with van der Waals surface area (Å²) in [7, 11) is 0. The number of hydrogen-bond acceptors (Lipinski definition) is 4. The molecule has 8 atom stereocenters. The molecule has 0 aromatic carbocycles. The molecule has 1 N–H and O–H groups in total. The van der Waals surface area contributed by atoms with Crippen LogP contribution in [-0.4, -0.2) is 28.7 Å². The Bertz CT molecular complexity index is 728. The lowest BCUT2D eigenvalue weighted by Gasteiger charge is -2.66. The van der Waals surface area contributed by atoms with E-state index in [1.54, 1.807) is 0 Å². The van der Waals surface area contributed by atoms with E-state index in [-0.39, 0.29) is 16.9 Å². The lowest BCUT2D eigenvalue weighted by molar-refractivity contribution is -0.455. The summed E-state index contributed by atoms with van der Waals surface area (Å²) in [6, 6.07) is 0. The Morgan fingerprint density at radius 2 is 2.07 bits per heavy atom. The van der Waals surface area contributed by atoms with Crippen molar-refractivity contribution in [1.82, 2.24) is 0 Å². The third-order valence-corrected chi connectivity index (χ3v) is 9.22. The molecule has 6 rings (SSSR count). The molecule has 0 aromatic heterocycles. The minimum atomic E-state index is -0.533. The van der Waals surface area contributed by atoms with Crippen molar-refractivity contribution in [3.8, 4) is 0 Å². The third-order valence-electron chi connectivity index (χ3n) is 9.22. The Morgan fingerprint density at radius 3 is 2.78 bits per heavy atom. The van der Waals surface area contributed by atoms with Gasteiger partial charge in [-0.3, -0.25) is 0 Å². The van der Waals surface area contributed by atoms with Crippen LogP contribution >= 0.6 is 0 Å². The molecule has 4 nitrogen and oxygen atoms in total. The molecule has 0 amide bonds. The monoisotopic (exact) mass is 372 g/mol. The molecule has 4 aliphatic carbocycles. The molecule has 4 heteroatoms. The van der Waals surface area contributed by atoms with Crippen LogP contribution in [0.15, 0.2) is 23.8 Å². The van der Waals surface area contributed by atoms with Gasteiger partial charge in [0.05, 0.1) is 6.10 Å². The van der Waals surface area contributed by atoms with E-state index in [0.29, 0.717) is 30.6 Å². The largest absolute Gasteiger partial charge is 0.393 e. The van der Waals surface area contributed by atoms with Gasteiger partial charge >= 0.3 is 0 Å². The second-order valence-corrected chi connectivity index (χ2v) is 10.4. The molecular weight excluding hydrogens is 340 g/mol. The molecule has 2 aliphatic heterocycles. The molecule has 3 fully saturated rings. The molecule has 6 aliphatic rings. The van der Waals surface area contributed by atoms with Gasteiger partial charge in [-0.2, -0.15) is 0 Å². The number of carbonyl (C=O) groups is 1. The number of aliphatic hydroxyl groups excluding tert-OH is 1. The molecule has 2 heterocycles.